The van der Waals surface area contributed by atoms with Gasteiger partial charge in [-0.3, -0.25) is 4.79 Å². The fourth-order valence-electron chi connectivity index (χ4n) is 2.27. The van der Waals surface area contributed by atoms with Crippen LogP contribution in [-0.4, -0.2) is 21.1 Å². The lowest BCUT2D eigenvalue weighted by atomic mass is 10.0. The average molecular weight is 370 g/mol. The fourth-order valence-corrected chi connectivity index (χ4v) is 2.66. The van der Waals surface area contributed by atoms with Crippen molar-refractivity contribution >= 4 is 40.0 Å². The van der Waals surface area contributed by atoms with Crippen LogP contribution in [0.25, 0.3) is 11.0 Å². The molecular formula is C15H9Cl2NO6. The molecule has 0 spiro atoms. The molecule has 5 N–H and O–H groups in total. The van der Waals surface area contributed by atoms with E-state index in [0.29, 0.717) is 0 Å². The maximum atomic E-state index is 12.6. The van der Waals surface area contributed by atoms with Gasteiger partial charge in [0, 0.05) is 10.9 Å². The Kier molecular flexibility index (Phi) is 3.92. The number of hydrogen-bond donors (Lipinski definition) is 4. The number of fused-ring (bicyclic) bond motifs is 1. The Hall–Kier alpha value is -2.61. The molecule has 0 fully saturated rings. The van der Waals surface area contributed by atoms with Crippen LogP contribution in [-0.2, 0) is 0 Å². The summed E-state index contributed by atoms with van der Waals surface area (Å²) in [5.74, 6) is 2.61. The lowest BCUT2D eigenvalue weighted by molar-refractivity contribution is 0.103. The van der Waals surface area contributed by atoms with Crippen molar-refractivity contribution < 1.29 is 29.4 Å². The van der Waals surface area contributed by atoms with Crippen LogP contribution in [0.5, 0.6) is 23.0 Å². The van der Waals surface area contributed by atoms with Crippen molar-refractivity contribution in [2.45, 2.75) is 0 Å². The van der Waals surface area contributed by atoms with Gasteiger partial charge in [-0.2, -0.15) is 5.90 Å². The van der Waals surface area contributed by atoms with Gasteiger partial charge in [0.15, 0.2) is 22.9 Å². The van der Waals surface area contributed by atoms with Crippen LogP contribution >= 0.6 is 23.2 Å². The Morgan fingerprint density at radius 2 is 1.67 bits per heavy atom. The quantitative estimate of drug-likeness (QED) is 0.411. The van der Waals surface area contributed by atoms with Gasteiger partial charge in [-0.1, -0.05) is 23.2 Å². The number of furan rings is 1. The standard InChI is InChI=1S/C15H9Cl2NO6/c16-11-8(19)3-6-7(4-23-14(6)12(11)17)13(22)5-1-9(20)15(24-18)10(21)2-5/h1-4,19-21H,18H2. The molecule has 0 saturated carbocycles. The summed E-state index contributed by atoms with van der Waals surface area (Å²) in [6.07, 6.45) is 1.14. The van der Waals surface area contributed by atoms with Gasteiger partial charge >= 0.3 is 0 Å². The highest BCUT2D eigenvalue weighted by Crippen LogP contribution is 2.41. The van der Waals surface area contributed by atoms with Crippen molar-refractivity contribution in [2.75, 3.05) is 0 Å². The molecular weight excluding hydrogens is 361 g/mol. The Bertz CT molecular complexity index is 959. The Morgan fingerprint density at radius 1 is 1.04 bits per heavy atom. The van der Waals surface area contributed by atoms with Gasteiger partial charge in [-0.05, 0) is 18.2 Å². The van der Waals surface area contributed by atoms with Gasteiger partial charge < -0.3 is 24.6 Å². The molecule has 0 saturated heterocycles. The number of aromatic hydroxyl groups is 3. The van der Waals surface area contributed by atoms with Gasteiger partial charge in [0.05, 0.1) is 5.56 Å². The summed E-state index contributed by atoms with van der Waals surface area (Å²) in [6.45, 7) is 0. The van der Waals surface area contributed by atoms with Crippen LogP contribution in [0.2, 0.25) is 10.0 Å². The van der Waals surface area contributed by atoms with Gasteiger partial charge in [0.1, 0.15) is 22.1 Å². The molecule has 0 bridgehead atoms. The maximum absolute atomic E-state index is 12.6. The van der Waals surface area contributed by atoms with Crippen LogP contribution in [0.4, 0.5) is 0 Å². The number of benzene rings is 2. The summed E-state index contributed by atoms with van der Waals surface area (Å²) in [5.41, 5.74) is 0.122. The minimum absolute atomic E-state index is 0.0386. The van der Waals surface area contributed by atoms with Gasteiger partial charge in [0.25, 0.3) is 0 Å². The number of ketones is 1. The van der Waals surface area contributed by atoms with Crippen molar-refractivity contribution in [1.29, 1.82) is 0 Å². The van der Waals surface area contributed by atoms with Crippen molar-refractivity contribution in [3.63, 3.8) is 0 Å². The first-order valence-electron chi connectivity index (χ1n) is 6.40. The summed E-state index contributed by atoms with van der Waals surface area (Å²) in [4.78, 5) is 16.9. The van der Waals surface area contributed by atoms with E-state index in [9.17, 15) is 20.1 Å². The van der Waals surface area contributed by atoms with E-state index < -0.39 is 17.3 Å². The predicted octanol–water partition coefficient (Wildman–Crippen LogP) is 3.34. The molecule has 0 atom stereocenters. The third-order valence-corrected chi connectivity index (χ3v) is 4.24. The third-order valence-electron chi connectivity index (χ3n) is 3.40. The molecule has 3 aromatic rings. The van der Waals surface area contributed by atoms with Crippen molar-refractivity contribution in [1.82, 2.24) is 0 Å². The van der Waals surface area contributed by atoms with Crippen LogP contribution in [0, 0.1) is 0 Å². The lowest BCUT2D eigenvalue weighted by Gasteiger charge is -2.07. The number of nitrogens with two attached hydrogens (primary N) is 1. The summed E-state index contributed by atoms with van der Waals surface area (Å²) in [7, 11) is 0. The SMILES string of the molecule is NOc1c(O)cc(C(=O)c2coc3c(Cl)c(Cl)c(O)cc23)cc1O. The summed E-state index contributed by atoms with van der Waals surface area (Å²) < 4.78 is 5.25. The topological polar surface area (TPSA) is 126 Å². The highest BCUT2D eigenvalue weighted by atomic mass is 35.5. The largest absolute Gasteiger partial charge is 0.506 e. The number of rotatable bonds is 3. The molecule has 0 amide bonds. The summed E-state index contributed by atoms with van der Waals surface area (Å²) >= 11 is 11.8. The van der Waals surface area contributed by atoms with Gasteiger partial charge in [-0.15, -0.1) is 0 Å². The molecule has 124 valence electrons. The van der Waals surface area contributed by atoms with Crippen molar-refractivity contribution in [3.8, 4) is 23.0 Å². The first-order chi connectivity index (χ1) is 11.3. The Balaban J connectivity index is 2.17. The zero-order chi connectivity index (χ0) is 17.6. The fraction of sp³-hybridized carbons (Fsp3) is 0. The lowest BCUT2D eigenvalue weighted by Crippen LogP contribution is -2.05. The molecule has 2 aromatic carbocycles. The zero-order valence-electron chi connectivity index (χ0n) is 11.7. The average Bonchev–Trinajstić information content (AvgIpc) is 2.95. The highest BCUT2D eigenvalue weighted by molar-refractivity contribution is 6.46. The monoisotopic (exact) mass is 369 g/mol. The van der Waals surface area contributed by atoms with E-state index in [2.05, 4.69) is 4.84 Å². The number of hydrogen-bond acceptors (Lipinski definition) is 7. The number of phenolic OH excluding ortho intramolecular Hbond substituents is 3. The summed E-state index contributed by atoms with van der Waals surface area (Å²) in [6, 6.07) is 3.37. The second kappa shape index (κ2) is 5.79. The van der Waals surface area contributed by atoms with Crippen molar-refractivity contribution in [3.05, 3.63) is 45.6 Å². The first kappa shape index (κ1) is 16.3. The van der Waals surface area contributed by atoms with Crippen molar-refractivity contribution in [2.24, 2.45) is 5.90 Å². The number of carbonyl (C=O) groups excluding carboxylic acids is 1. The van der Waals surface area contributed by atoms with Crippen LogP contribution in [0.15, 0.2) is 28.9 Å². The molecule has 1 aromatic heterocycles. The smallest absolute Gasteiger partial charge is 0.229 e. The third kappa shape index (κ3) is 2.39. The molecule has 0 aliphatic heterocycles. The number of carbonyl (C=O) groups is 1. The summed E-state index contributed by atoms with van der Waals surface area (Å²) in [5, 5.41) is 29.3. The Labute approximate surface area is 144 Å². The van der Waals surface area contributed by atoms with E-state index in [-0.39, 0.29) is 43.6 Å². The second-order valence-corrected chi connectivity index (χ2v) is 5.60. The van der Waals surface area contributed by atoms with E-state index in [1.54, 1.807) is 0 Å². The van der Waals surface area contributed by atoms with Crippen LogP contribution in [0.1, 0.15) is 15.9 Å². The molecule has 3 rings (SSSR count). The normalized spacial score (nSPS) is 11.0. The van der Waals surface area contributed by atoms with E-state index >= 15 is 0 Å². The van der Waals surface area contributed by atoms with Gasteiger partial charge in [-0.25, -0.2) is 0 Å². The van der Waals surface area contributed by atoms with Gasteiger partial charge in [0.2, 0.25) is 5.75 Å². The zero-order valence-corrected chi connectivity index (χ0v) is 13.2. The predicted molar refractivity (Wildman–Crippen MR) is 85.9 cm³/mol. The van der Waals surface area contributed by atoms with E-state index in [1.807, 2.05) is 0 Å². The van der Waals surface area contributed by atoms with Crippen LogP contribution in [0.3, 0.4) is 0 Å². The molecule has 24 heavy (non-hydrogen) atoms. The molecule has 1 heterocycles. The van der Waals surface area contributed by atoms with Crippen LogP contribution < -0.4 is 10.7 Å². The van der Waals surface area contributed by atoms with E-state index in [0.717, 1.165) is 18.4 Å². The molecule has 0 aliphatic carbocycles. The minimum Gasteiger partial charge on any atom is -0.506 e. The number of phenols is 3. The van der Waals surface area contributed by atoms with E-state index in [1.165, 1.54) is 6.07 Å². The minimum atomic E-state index is -0.597. The first-order valence-corrected chi connectivity index (χ1v) is 7.16. The molecule has 9 heteroatoms. The Morgan fingerprint density at radius 3 is 2.25 bits per heavy atom. The molecule has 0 unspecified atom stereocenters. The molecule has 7 nitrogen and oxygen atoms in total. The number of halogens is 2. The van der Waals surface area contributed by atoms with E-state index in [4.69, 9.17) is 33.5 Å². The highest BCUT2D eigenvalue weighted by Gasteiger charge is 2.23. The second-order valence-electron chi connectivity index (χ2n) is 4.84. The maximum Gasteiger partial charge on any atom is 0.229 e. The molecule has 0 aliphatic rings. The molecule has 0 radical (unpaired) electrons.